The third-order valence-corrected chi connectivity index (χ3v) is 5.53. The predicted molar refractivity (Wildman–Crippen MR) is 120 cm³/mol. The minimum atomic E-state index is -0.566. The van der Waals surface area contributed by atoms with E-state index >= 15 is 0 Å². The Hall–Kier alpha value is -2.84. The smallest absolute Gasteiger partial charge is 0.307 e. The van der Waals surface area contributed by atoms with Crippen molar-refractivity contribution in [3.63, 3.8) is 0 Å². The van der Waals surface area contributed by atoms with E-state index in [4.69, 9.17) is 11.6 Å². The number of aromatic nitrogens is 3. The molecule has 3 amide bonds. The molecule has 156 valence electrons. The lowest BCUT2D eigenvalue weighted by Gasteiger charge is -2.10. The molecule has 30 heavy (non-hydrogen) atoms. The fraction of sp³-hybridized carbons (Fsp3) is 0.238. The second-order valence-electron chi connectivity index (χ2n) is 6.67. The number of hydrogen-bond acceptors (Lipinski definition) is 5. The molecule has 0 saturated heterocycles. The summed E-state index contributed by atoms with van der Waals surface area (Å²) >= 11 is 7.29. The minimum absolute atomic E-state index is 0.0357. The zero-order chi connectivity index (χ0) is 21.7. The van der Waals surface area contributed by atoms with Crippen LogP contribution in [0.5, 0.6) is 0 Å². The van der Waals surface area contributed by atoms with Crippen LogP contribution in [0, 0.1) is 13.8 Å². The van der Waals surface area contributed by atoms with Crippen molar-refractivity contribution in [1.29, 1.82) is 0 Å². The Morgan fingerprint density at radius 1 is 1.13 bits per heavy atom. The van der Waals surface area contributed by atoms with Crippen molar-refractivity contribution in [3.05, 3.63) is 58.6 Å². The number of thioether (sulfide) groups is 1. The minimum Gasteiger partial charge on any atom is -0.307 e. The second kappa shape index (κ2) is 9.77. The molecule has 1 heterocycles. The van der Waals surface area contributed by atoms with Crippen LogP contribution in [0.25, 0.3) is 11.4 Å². The maximum Gasteiger partial charge on any atom is 0.325 e. The van der Waals surface area contributed by atoms with Crippen LogP contribution in [0.4, 0.5) is 10.5 Å². The molecule has 0 aliphatic rings. The fourth-order valence-electron chi connectivity index (χ4n) is 2.92. The molecule has 0 saturated carbocycles. The molecule has 0 aliphatic heterocycles. The van der Waals surface area contributed by atoms with Crippen LogP contribution >= 0.6 is 23.4 Å². The average molecular weight is 444 g/mol. The van der Waals surface area contributed by atoms with Gasteiger partial charge in [-0.1, -0.05) is 53.2 Å². The third kappa shape index (κ3) is 5.40. The highest BCUT2D eigenvalue weighted by molar-refractivity contribution is 7.99. The van der Waals surface area contributed by atoms with E-state index in [9.17, 15) is 9.59 Å². The van der Waals surface area contributed by atoms with Crippen LogP contribution in [-0.4, -0.2) is 32.5 Å². The molecule has 0 radical (unpaired) electrons. The lowest BCUT2D eigenvalue weighted by molar-refractivity contribution is -0.117. The SMILES string of the molecule is CCn1c(SCC(=O)NC(=O)Nc2ccc(C)cc2C)nnc1-c1cccc(Cl)c1. The monoisotopic (exact) mass is 443 g/mol. The number of hydrogen-bond donors (Lipinski definition) is 2. The van der Waals surface area contributed by atoms with Gasteiger partial charge in [0, 0.05) is 22.8 Å². The van der Waals surface area contributed by atoms with Gasteiger partial charge in [-0.15, -0.1) is 10.2 Å². The Morgan fingerprint density at radius 2 is 1.93 bits per heavy atom. The Balaban J connectivity index is 1.60. The number of benzene rings is 2. The van der Waals surface area contributed by atoms with Gasteiger partial charge in [0.2, 0.25) is 5.91 Å². The molecular formula is C21H22ClN5O2S. The highest BCUT2D eigenvalue weighted by Crippen LogP contribution is 2.25. The number of imide groups is 1. The van der Waals surface area contributed by atoms with Crippen LogP contribution in [0.3, 0.4) is 0 Å². The van der Waals surface area contributed by atoms with Crippen molar-refractivity contribution in [2.45, 2.75) is 32.5 Å². The summed E-state index contributed by atoms with van der Waals surface area (Å²) in [5.41, 5.74) is 3.54. The molecule has 2 aromatic carbocycles. The molecule has 0 atom stereocenters. The summed E-state index contributed by atoms with van der Waals surface area (Å²) in [4.78, 5) is 24.3. The van der Waals surface area contributed by atoms with E-state index in [1.54, 1.807) is 6.07 Å². The number of nitrogens with one attached hydrogen (secondary N) is 2. The van der Waals surface area contributed by atoms with E-state index in [0.717, 1.165) is 16.7 Å². The van der Waals surface area contributed by atoms with Crippen LogP contribution in [-0.2, 0) is 11.3 Å². The van der Waals surface area contributed by atoms with Crippen molar-refractivity contribution < 1.29 is 9.59 Å². The van der Waals surface area contributed by atoms with E-state index in [0.29, 0.717) is 28.2 Å². The Morgan fingerprint density at radius 3 is 2.63 bits per heavy atom. The van der Waals surface area contributed by atoms with Gasteiger partial charge >= 0.3 is 6.03 Å². The van der Waals surface area contributed by atoms with Gasteiger partial charge in [-0.05, 0) is 44.5 Å². The molecule has 2 N–H and O–H groups in total. The fourth-order valence-corrected chi connectivity index (χ4v) is 3.91. The molecule has 0 spiro atoms. The summed E-state index contributed by atoms with van der Waals surface area (Å²) in [6.07, 6.45) is 0. The number of carbonyl (C=O) groups is 2. The number of urea groups is 1. The van der Waals surface area contributed by atoms with Crippen LogP contribution in [0.2, 0.25) is 5.02 Å². The first-order valence-electron chi connectivity index (χ1n) is 9.37. The van der Waals surface area contributed by atoms with Crippen molar-refractivity contribution in [3.8, 4) is 11.4 Å². The maximum atomic E-state index is 12.2. The van der Waals surface area contributed by atoms with Crippen molar-refractivity contribution in [2.24, 2.45) is 0 Å². The first-order valence-corrected chi connectivity index (χ1v) is 10.7. The predicted octanol–water partition coefficient (Wildman–Crippen LogP) is 4.68. The second-order valence-corrected chi connectivity index (χ2v) is 8.05. The molecular weight excluding hydrogens is 422 g/mol. The van der Waals surface area contributed by atoms with Crippen LogP contribution < -0.4 is 10.6 Å². The Kier molecular flexibility index (Phi) is 7.12. The quantitative estimate of drug-likeness (QED) is 0.540. The number of anilines is 1. The number of amides is 3. The molecule has 1 aromatic heterocycles. The summed E-state index contributed by atoms with van der Waals surface area (Å²) in [6, 6.07) is 12.5. The molecule has 3 aromatic rings. The number of halogens is 1. The first-order chi connectivity index (χ1) is 14.4. The number of nitrogens with zero attached hydrogens (tertiary/aromatic N) is 3. The van der Waals surface area contributed by atoms with Gasteiger partial charge in [-0.2, -0.15) is 0 Å². The van der Waals surface area contributed by atoms with E-state index in [-0.39, 0.29) is 5.75 Å². The normalized spacial score (nSPS) is 10.7. The molecule has 0 bridgehead atoms. The topological polar surface area (TPSA) is 88.9 Å². The van der Waals surface area contributed by atoms with E-state index in [1.807, 2.05) is 61.7 Å². The largest absolute Gasteiger partial charge is 0.325 e. The van der Waals surface area contributed by atoms with Gasteiger partial charge in [0.05, 0.1) is 5.75 Å². The molecule has 0 aliphatic carbocycles. The number of aryl methyl sites for hydroxylation is 2. The summed E-state index contributed by atoms with van der Waals surface area (Å²) < 4.78 is 1.90. The van der Waals surface area contributed by atoms with Gasteiger partial charge < -0.3 is 9.88 Å². The highest BCUT2D eigenvalue weighted by atomic mass is 35.5. The lowest BCUT2D eigenvalue weighted by atomic mass is 10.1. The molecule has 0 unspecified atom stereocenters. The number of rotatable bonds is 6. The average Bonchev–Trinajstić information content (AvgIpc) is 3.11. The highest BCUT2D eigenvalue weighted by Gasteiger charge is 2.16. The third-order valence-electron chi connectivity index (χ3n) is 4.33. The van der Waals surface area contributed by atoms with Gasteiger partial charge in [0.15, 0.2) is 11.0 Å². The van der Waals surface area contributed by atoms with Crippen molar-refractivity contribution in [2.75, 3.05) is 11.1 Å². The molecule has 0 fully saturated rings. The lowest BCUT2D eigenvalue weighted by Crippen LogP contribution is -2.35. The van der Waals surface area contributed by atoms with E-state index in [2.05, 4.69) is 20.8 Å². The zero-order valence-corrected chi connectivity index (χ0v) is 18.5. The number of carbonyl (C=O) groups excluding carboxylic acids is 2. The van der Waals surface area contributed by atoms with Crippen LogP contribution in [0.1, 0.15) is 18.1 Å². The summed E-state index contributed by atoms with van der Waals surface area (Å²) in [7, 11) is 0. The summed E-state index contributed by atoms with van der Waals surface area (Å²) in [5.74, 6) is 0.293. The van der Waals surface area contributed by atoms with E-state index in [1.165, 1.54) is 11.8 Å². The van der Waals surface area contributed by atoms with Crippen molar-refractivity contribution in [1.82, 2.24) is 20.1 Å². The Bertz CT molecular complexity index is 1080. The van der Waals surface area contributed by atoms with Gasteiger partial charge in [-0.3, -0.25) is 10.1 Å². The van der Waals surface area contributed by atoms with Gasteiger partial charge in [0.1, 0.15) is 0 Å². The molecule has 3 rings (SSSR count). The zero-order valence-electron chi connectivity index (χ0n) is 16.9. The molecule has 9 heteroatoms. The van der Waals surface area contributed by atoms with Gasteiger partial charge in [-0.25, -0.2) is 4.79 Å². The van der Waals surface area contributed by atoms with Crippen molar-refractivity contribution >= 4 is 41.0 Å². The van der Waals surface area contributed by atoms with E-state index < -0.39 is 11.9 Å². The van der Waals surface area contributed by atoms with Crippen LogP contribution in [0.15, 0.2) is 47.6 Å². The molecule has 7 nitrogen and oxygen atoms in total. The van der Waals surface area contributed by atoms with Gasteiger partial charge in [0.25, 0.3) is 0 Å². The maximum absolute atomic E-state index is 12.2. The Labute approximate surface area is 184 Å². The standard InChI is InChI=1S/C21H22ClN5O2S/c1-4-27-19(15-6-5-7-16(22)11-15)25-26-21(27)30-12-18(28)24-20(29)23-17-9-8-13(2)10-14(17)3/h5-11H,4,12H2,1-3H3,(H2,23,24,28,29). The summed E-state index contributed by atoms with van der Waals surface area (Å²) in [5, 5.41) is 14.7. The summed E-state index contributed by atoms with van der Waals surface area (Å²) in [6.45, 7) is 6.48. The first kappa shape index (κ1) is 21.9.